The van der Waals surface area contributed by atoms with Crippen LogP contribution in [0.5, 0.6) is 0 Å². The zero-order chi connectivity index (χ0) is 20.4. The number of nitrogens with zero attached hydrogens (tertiary/aromatic N) is 1. The van der Waals surface area contributed by atoms with Crippen LogP contribution in [0.3, 0.4) is 0 Å². The fourth-order valence-electron chi connectivity index (χ4n) is 3.34. The first kappa shape index (κ1) is 18.6. The van der Waals surface area contributed by atoms with Crippen molar-refractivity contribution >= 4 is 43.3 Å². The summed E-state index contributed by atoms with van der Waals surface area (Å²) < 4.78 is 66.4. The van der Waals surface area contributed by atoms with Crippen molar-refractivity contribution in [1.82, 2.24) is 0 Å². The highest BCUT2D eigenvalue weighted by Crippen LogP contribution is 2.48. The number of carbonyl (C=O) groups is 1. The Kier molecular flexibility index (Phi) is 3.89. The molecule has 1 atom stereocenters. The summed E-state index contributed by atoms with van der Waals surface area (Å²) in [7, 11) is -9.54. The number of nitrogens with one attached hydrogen (secondary N) is 1. The van der Waals surface area contributed by atoms with Crippen LogP contribution in [-0.2, 0) is 25.2 Å². The Balaban J connectivity index is 2.06. The van der Waals surface area contributed by atoms with Gasteiger partial charge in [-0.05, 0) is 24.3 Å². The molecule has 10 nitrogen and oxygen atoms in total. The number of fused-ring (bicyclic) bond motifs is 2. The smallest absolute Gasteiger partial charge is 0.364 e. The molecule has 12 heteroatoms. The normalized spacial score (nSPS) is 21.5. The van der Waals surface area contributed by atoms with Crippen molar-refractivity contribution in [3.63, 3.8) is 0 Å². The van der Waals surface area contributed by atoms with Crippen LogP contribution in [0.1, 0.15) is 17.2 Å². The van der Waals surface area contributed by atoms with Gasteiger partial charge in [0, 0.05) is 16.8 Å². The quantitative estimate of drug-likeness (QED) is 0.409. The second-order valence-corrected chi connectivity index (χ2v) is 8.78. The van der Waals surface area contributed by atoms with Crippen LogP contribution in [0.15, 0.2) is 53.1 Å². The van der Waals surface area contributed by atoms with E-state index < -0.39 is 43.0 Å². The molecule has 2 aromatic rings. The number of para-hydroxylation sites is 1. The van der Waals surface area contributed by atoms with Gasteiger partial charge in [-0.25, -0.2) is 4.31 Å². The Labute approximate surface area is 159 Å². The van der Waals surface area contributed by atoms with Gasteiger partial charge in [-0.2, -0.15) is 16.8 Å². The Hall–Kier alpha value is -2.77. The van der Waals surface area contributed by atoms with Crippen LogP contribution >= 0.6 is 0 Å². The van der Waals surface area contributed by atoms with Gasteiger partial charge in [0.05, 0.1) is 21.9 Å². The first-order valence-corrected chi connectivity index (χ1v) is 10.6. The maximum atomic E-state index is 12.6. The third kappa shape index (κ3) is 2.70. The molecule has 4 N–H and O–H groups in total. The van der Waals surface area contributed by atoms with Gasteiger partial charge >= 0.3 is 10.3 Å². The number of carbonyl (C=O) groups excluding carboxylic acids is 1. The van der Waals surface area contributed by atoms with E-state index in [-0.39, 0.29) is 28.1 Å². The molecule has 0 spiro atoms. The van der Waals surface area contributed by atoms with Crippen molar-refractivity contribution in [2.75, 3.05) is 9.62 Å². The van der Waals surface area contributed by atoms with Crippen molar-refractivity contribution in [3.8, 4) is 0 Å². The fraction of sp³-hybridized carbons (Fsp3) is 0.0625. The molecule has 4 rings (SSSR count). The van der Waals surface area contributed by atoms with Gasteiger partial charge in [0.1, 0.15) is 6.10 Å². The topological polar surface area (TPSA) is 161 Å². The van der Waals surface area contributed by atoms with Gasteiger partial charge in [0.25, 0.3) is 16.0 Å². The monoisotopic (exact) mass is 424 g/mol. The number of rotatable bonds is 2. The summed E-state index contributed by atoms with van der Waals surface area (Å²) in [5.74, 6) is -0.807. The van der Waals surface area contributed by atoms with Gasteiger partial charge in [-0.15, -0.1) is 0 Å². The summed E-state index contributed by atoms with van der Waals surface area (Å²) >= 11 is 0. The van der Waals surface area contributed by atoms with Crippen LogP contribution < -0.4 is 9.62 Å². The van der Waals surface area contributed by atoms with E-state index in [0.29, 0.717) is 4.31 Å². The standard InChI is InChI=1S/C16H12N2O8S2/c19-15-9-3-1-2-4-12(9)18(28(24,25)26)14(15)13-10-7-8(27(21,22)23)5-6-11(10)17-16(13)20/h1-7,15,19H,(H,17,20)(H,21,22,23)(H,24,25,26)/b14-13-. The lowest BCUT2D eigenvalue weighted by molar-refractivity contribution is -0.110. The van der Waals surface area contributed by atoms with Crippen molar-refractivity contribution in [2.24, 2.45) is 0 Å². The molecule has 0 saturated heterocycles. The van der Waals surface area contributed by atoms with Crippen LogP contribution in [0.4, 0.5) is 11.4 Å². The lowest BCUT2D eigenvalue weighted by atomic mass is 10.0. The van der Waals surface area contributed by atoms with Crippen molar-refractivity contribution in [3.05, 3.63) is 59.3 Å². The van der Waals surface area contributed by atoms with E-state index in [1.165, 1.54) is 30.3 Å². The number of benzene rings is 2. The molecule has 2 aliphatic heterocycles. The summed E-state index contributed by atoms with van der Waals surface area (Å²) in [6, 6.07) is 9.03. The molecule has 146 valence electrons. The molecule has 1 unspecified atom stereocenters. The highest BCUT2D eigenvalue weighted by molar-refractivity contribution is 7.87. The van der Waals surface area contributed by atoms with Crippen LogP contribution in [-0.4, -0.2) is 37.0 Å². The van der Waals surface area contributed by atoms with Crippen molar-refractivity contribution in [1.29, 1.82) is 0 Å². The third-order valence-corrected chi connectivity index (χ3v) is 6.15. The minimum Gasteiger partial charge on any atom is -0.382 e. The Morgan fingerprint density at radius 2 is 1.68 bits per heavy atom. The highest BCUT2D eigenvalue weighted by Gasteiger charge is 2.44. The van der Waals surface area contributed by atoms with E-state index in [1.807, 2.05) is 0 Å². The number of aliphatic hydroxyl groups is 1. The molecule has 0 fully saturated rings. The number of hydrogen-bond donors (Lipinski definition) is 4. The van der Waals surface area contributed by atoms with Crippen LogP contribution in [0.25, 0.3) is 5.57 Å². The lowest BCUT2D eigenvalue weighted by Gasteiger charge is -2.19. The number of amides is 1. The third-order valence-electron chi connectivity index (χ3n) is 4.45. The fourth-order valence-corrected chi connectivity index (χ4v) is 4.70. The van der Waals surface area contributed by atoms with E-state index in [1.54, 1.807) is 0 Å². The minimum atomic E-state index is -4.93. The molecule has 2 heterocycles. The average Bonchev–Trinajstić information content (AvgIpc) is 3.07. The summed E-state index contributed by atoms with van der Waals surface area (Å²) in [5, 5.41) is 13.1. The largest absolute Gasteiger partial charge is 0.382 e. The van der Waals surface area contributed by atoms with Crippen molar-refractivity contribution in [2.45, 2.75) is 11.0 Å². The summed E-state index contributed by atoms with van der Waals surface area (Å²) in [4.78, 5) is 12.0. The summed E-state index contributed by atoms with van der Waals surface area (Å²) in [6.45, 7) is 0. The van der Waals surface area contributed by atoms with Crippen LogP contribution in [0, 0.1) is 0 Å². The molecule has 2 aliphatic rings. The second kappa shape index (κ2) is 5.86. The van der Waals surface area contributed by atoms with Crippen LogP contribution in [0.2, 0.25) is 0 Å². The number of anilines is 2. The molecular weight excluding hydrogens is 412 g/mol. The maximum Gasteiger partial charge on any atom is 0.364 e. The molecule has 0 radical (unpaired) electrons. The van der Waals surface area contributed by atoms with Crippen molar-refractivity contribution < 1.29 is 35.8 Å². The molecule has 0 aromatic heterocycles. The molecule has 0 bridgehead atoms. The lowest BCUT2D eigenvalue weighted by Crippen LogP contribution is -2.29. The van der Waals surface area contributed by atoms with Gasteiger partial charge in [0.15, 0.2) is 0 Å². The Morgan fingerprint density at radius 1 is 1.00 bits per heavy atom. The number of hydrogen-bond acceptors (Lipinski definition) is 6. The molecular formula is C16H12N2O8S2. The molecule has 28 heavy (non-hydrogen) atoms. The van der Waals surface area contributed by atoms with E-state index >= 15 is 0 Å². The maximum absolute atomic E-state index is 12.6. The van der Waals surface area contributed by atoms with Gasteiger partial charge in [-0.3, -0.25) is 13.9 Å². The first-order chi connectivity index (χ1) is 13.0. The Bertz CT molecular complexity index is 1280. The molecule has 1 amide bonds. The highest BCUT2D eigenvalue weighted by atomic mass is 32.2. The first-order valence-electron chi connectivity index (χ1n) is 7.72. The van der Waals surface area contributed by atoms with E-state index in [4.69, 9.17) is 0 Å². The predicted octanol–water partition coefficient (Wildman–Crippen LogP) is 0.953. The predicted molar refractivity (Wildman–Crippen MR) is 97.2 cm³/mol. The number of aliphatic hydroxyl groups excluding tert-OH is 1. The molecule has 2 aromatic carbocycles. The van der Waals surface area contributed by atoms with E-state index in [9.17, 15) is 35.8 Å². The summed E-state index contributed by atoms with van der Waals surface area (Å²) in [6.07, 6.45) is -1.58. The minimum absolute atomic E-state index is 0.0457. The second-order valence-electron chi connectivity index (χ2n) is 6.10. The van der Waals surface area contributed by atoms with E-state index in [2.05, 4.69) is 5.32 Å². The average molecular weight is 424 g/mol. The zero-order valence-electron chi connectivity index (χ0n) is 13.8. The summed E-state index contributed by atoms with van der Waals surface area (Å²) in [5.41, 5.74) is -0.606. The zero-order valence-corrected chi connectivity index (χ0v) is 15.4. The Morgan fingerprint density at radius 3 is 2.32 bits per heavy atom. The molecule has 0 saturated carbocycles. The molecule has 0 aliphatic carbocycles. The van der Waals surface area contributed by atoms with Gasteiger partial charge in [0.2, 0.25) is 0 Å². The van der Waals surface area contributed by atoms with Gasteiger partial charge in [-0.1, -0.05) is 18.2 Å². The van der Waals surface area contributed by atoms with E-state index in [0.717, 1.165) is 12.1 Å². The van der Waals surface area contributed by atoms with Gasteiger partial charge < -0.3 is 10.4 Å². The SMILES string of the molecule is O=C1Nc2ccc(S(=O)(=O)O)cc2/C1=C1\C(O)c2ccccc2N1S(=O)(=O)O.